The Kier molecular flexibility index (Phi) is 5.54. The molecule has 6 nitrogen and oxygen atoms in total. The molecule has 0 saturated carbocycles. The van der Waals surface area contributed by atoms with Crippen LogP contribution in [0.3, 0.4) is 0 Å². The van der Waals surface area contributed by atoms with Crippen molar-refractivity contribution in [3.05, 3.63) is 65.5 Å². The molecule has 0 radical (unpaired) electrons. The summed E-state index contributed by atoms with van der Waals surface area (Å²) >= 11 is 0. The predicted molar refractivity (Wildman–Crippen MR) is 96.3 cm³/mol. The molecule has 2 aromatic rings. The Morgan fingerprint density at radius 1 is 1.15 bits per heavy atom. The van der Waals surface area contributed by atoms with Crippen molar-refractivity contribution in [3.63, 3.8) is 0 Å². The summed E-state index contributed by atoms with van der Waals surface area (Å²) in [6, 6.07) is 13.0. The van der Waals surface area contributed by atoms with Gasteiger partial charge in [0.25, 0.3) is 0 Å². The number of benzene rings is 2. The molecule has 1 amide bonds. The maximum atomic E-state index is 13.2. The lowest BCUT2D eigenvalue weighted by Gasteiger charge is -2.25. The predicted octanol–water partition coefficient (Wildman–Crippen LogP) is 2.17. The fourth-order valence-electron chi connectivity index (χ4n) is 2.95. The summed E-state index contributed by atoms with van der Waals surface area (Å²) in [5, 5.41) is 11.7. The molecule has 0 bridgehead atoms. The molecule has 0 aliphatic carbocycles. The number of carbonyl (C=O) groups excluding carboxylic acids is 1. The minimum absolute atomic E-state index is 0.0506. The number of amides is 1. The number of rotatable bonds is 6. The Hall–Kier alpha value is -2.76. The Labute approximate surface area is 157 Å². The number of carbonyl (C=O) groups is 1. The van der Waals surface area contributed by atoms with Crippen LogP contribution in [0.25, 0.3) is 0 Å². The second-order valence-electron chi connectivity index (χ2n) is 6.36. The van der Waals surface area contributed by atoms with E-state index in [-0.39, 0.29) is 29.9 Å². The number of hydrogen-bond donors (Lipinski definition) is 1. The molecule has 1 N–H and O–H groups in total. The summed E-state index contributed by atoms with van der Waals surface area (Å²) in [5.41, 5.74) is 1.00. The lowest BCUT2D eigenvalue weighted by molar-refractivity contribution is -0.119. The minimum atomic E-state index is -3.86. The van der Waals surface area contributed by atoms with Gasteiger partial charge in [-0.3, -0.25) is 4.79 Å². The Morgan fingerprint density at radius 2 is 1.81 bits per heavy atom. The van der Waals surface area contributed by atoms with Crippen molar-refractivity contribution in [2.45, 2.75) is 30.3 Å². The summed E-state index contributed by atoms with van der Waals surface area (Å²) in [7, 11) is -3.86. The molecule has 8 heteroatoms. The average Bonchev–Trinajstić information content (AvgIpc) is 3.08. The summed E-state index contributed by atoms with van der Waals surface area (Å²) < 4.78 is 40.7. The van der Waals surface area contributed by atoms with Crippen LogP contribution in [-0.4, -0.2) is 31.2 Å². The van der Waals surface area contributed by atoms with Crippen LogP contribution in [0.2, 0.25) is 0 Å². The first-order valence-corrected chi connectivity index (χ1v) is 9.86. The van der Waals surface area contributed by atoms with E-state index < -0.39 is 15.8 Å². The van der Waals surface area contributed by atoms with Crippen molar-refractivity contribution in [1.29, 1.82) is 5.26 Å². The van der Waals surface area contributed by atoms with Crippen molar-refractivity contribution < 1.29 is 17.6 Å². The number of nitriles is 1. The van der Waals surface area contributed by atoms with Gasteiger partial charge in [0, 0.05) is 25.6 Å². The zero-order valence-electron chi connectivity index (χ0n) is 14.4. The Morgan fingerprint density at radius 3 is 2.37 bits per heavy atom. The van der Waals surface area contributed by atoms with E-state index in [1.54, 1.807) is 0 Å². The molecule has 1 aliphatic rings. The van der Waals surface area contributed by atoms with Gasteiger partial charge in [0.15, 0.2) is 0 Å². The highest BCUT2D eigenvalue weighted by Crippen LogP contribution is 2.21. The van der Waals surface area contributed by atoms with Crippen LogP contribution in [0.15, 0.2) is 53.4 Å². The zero-order valence-corrected chi connectivity index (χ0v) is 15.2. The van der Waals surface area contributed by atoms with Gasteiger partial charge in [-0.2, -0.15) is 9.57 Å². The van der Waals surface area contributed by atoms with E-state index in [2.05, 4.69) is 5.32 Å². The van der Waals surface area contributed by atoms with E-state index in [1.165, 1.54) is 52.8 Å². The van der Waals surface area contributed by atoms with Crippen LogP contribution in [0.4, 0.5) is 4.39 Å². The highest BCUT2D eigenvalue weighted by molar-refractivity contribution is 7.89. The second kappa shape index (κ2) is 7.86. The molecule has 27 heavy (non-hydrogen) atoms. The minimum Gasteiger partial charge on any atom is -0.352 e. The molecule has 3 rings (SSSR count). The van der Waals surface area contributed by atoms with Crippen molar-refractivity contribution >= 4 is 15.9 Å². The standard InChI is InChI=1S/C19H18FN3O3S/c20-16-5-1-15(2-6-16)12-23(13-17-7-10-19(24)22-17)27(25,26)18-8-3-14(11-21)4-9-18/h1-6,8-9,17H,7,10,12-13H2,(H,22,24)/t17-/m0/s1. The number of hydrogen-bond acceptors (Lipinski definition) is 4. The van der Waals surface area contributed by atoms with Gasteiger partial charge in [0.1, 0.15) is 5.82 Å². The third-order valence-corrected chi connectivity index (χ3v) is 6.23. The summed E-state index contributed by atoms with van der Waals surface area (Å²) in [4.78, 5) is 11.5. The number of nitrogens with one attached hydrogen (secondary N) is 1. The topological polar surface area (TPSA) is 90.3 Å². The molecule has 1 heterocycles. The molecule has 140 valence electrons. The van der Waals surface area contributed by atoms with Gasteiger partial charge in [0.05, 0.1) is 16.5 Å². The smallest absolute Gasteiger partial charge is 0.243 e. The van der Waals surface area contributed by atoms with E-state index in [0.717, 1.165) is 0 Å². The molecule has 1 fully saturated rings. The SMILES string of the molecule is N#Cc1ccc(S(=O)(=O)N(Cc2ccc(F)cc2)C[C@@H]2CCC(=O)N2)cc1. The first kappa shape index (κ1) is 19.0. The summed E-state index contributed by atoms with van der Waals surface area (Å²) in [5.74, 6) is -0.499. The largest absolute Gasteiger partial charge is 0.352 e. The first-order chi connectivity index (χ1) is 12.9. The average molecular weight is 387 g/mol. The van der Waals surface area contributed by atoms with Crippen LogP contribution in [0.1, 0.15) is 24.0 Å². The van der Waals surface area contributed by atoms with E-state index >= 15 is 0 Å². The third kappa shape index (κ3) is 4.51. The highest BCUT2D eigenvalue weighted by atomic mass is 32.2. The number of sulfonamides is 1. The van der Waals surface area contributed by atoms with Crippen LogP contribution in [-0.2, 0) is 21.4 Å². The molecule has 0 aromatic heterocycles. The summed E-state index contributed by atoms with van der Waals surface area (Å²) in [6.45, 7) is 0.167. The monoisotopic (exact) mass is 387 g/mol. The van der Waals surface area contributed by atoms with Gasteiger partial charge in [-0.25, -0.2) is 12.8 Å². The van der Waals surface area contributed by atoms with Crippen LogP contribution >= 0.6 is 0 Å². The van der Waals surface area contributed by atoms with Crippen LogP contribution in [0, 0.1) is 17.1 Å². The van der Waals surface area contributed by atoms with E-state index in [1.807, 2.05) is 6.07 Å². The molecule has 1 saturated heterocycles. The highest BCUT2D eigenvalue weighted by Gasteiger charge is 2.30. The number of nitrogens with zero attached hydrogens (tertiary/aromatic N) is 2. The molecule has 2 aromatic carbocycles. The maximum Gasteiger partial charge on any atom is 0.243 e. The molecule has 1 atom stereocenters. The van der Waals surface area contributed by atoms with Gasteiger partial charge in [0.2, 0.25) is 15.9 Å². The van der Waals surface area contributed by atoms with Gasteiger partial charge in [-0.1, -0.05) is 12.1 Å². The fraction of sp³-hybridized carbons (Fsp3) is 0.263. The normalized spacial score (nSPS) is 16.9. The van der Waals surface area contributed by atoms with Gasteiger partial charge in [-0.15, -0.1) is 0 Å². The van der Waals surface area contributed by atoms with E-state index in [9.17, 15) is 17.6 Å². The lowest BCUT2D eigenvalue weighted by atomic mass is 10.2. The second-order valence-corrected chi connectivity index (χ2v) is 8.30. The quantitative estimate of drug-likeness (QED) is 0.822. The van der Waals surface area contributed by atoms with Crippen molar-refractivity contribution in [3.8, 4) is 6.07 Å². The molecule has 0 spiro atoms. The van der Waals surface area contributed by atoms with Gasteiger partial charge in [-0.05, 0) is 48.4 Å². The Bertz CT molecular complexity index is 967. The number of halogens is 1. The zero-order chi connectivity index (χ0) is 19.4. The lowest BCUT2D eigenvalue weighted by Crippen LogP contribution is -2.41. The van der Waals surface area contributed by atoms with E-state index in [4.69, 9.17) is 5.26 Å². The van der Waals surface area contributed by atoms with Crippen LogP contribution < -0.4 is 5.32 Å². The first-order valence-electron chi connectivity index (χ1n) is 8.42. The van der Waals surface area contributed by atoms with Crippen molar-refractivity contribution in [2.24, 2.45) is 0 Å². The molecular weight excluding hydrogens is 369 g/mol. The van der Waals surface area contributed by atoms with Crippen molar-refractivity contribution in [2.75, 3.05) is 6.54 Å². The van der Waals surface area contributed by atoms with E-state index in [0.29, 0.717) is 24.0 Å². The van der Waals surface area contributed by atoms with Gasteiger partial charge < -0.3 is 5.32 Å². The summed E-state index contributed by atoms with van der Waals surface area (Å²) in [6.07, 6.45) is 0.924. The molecule has 0 unspecified atom stereocenters. The Balaban J connectivity index is 1.89. The fourth-order valence-corrected chi connectivity index (χ4v) is 4.43. The molecular formula is C19H18FN3O3S. The van der Waals surface area contributed by atoms with Gasteiger partial charge >= 0.3 is 0 Å². The van der Waals surface area contributed by atoms with Crippen LogP contribution in [0.5, 0.6) is 0 Å². The molecule has 1 aliphatic heterocycles. The maximum absolute atomic E-state index is 13.2. The third-order valence-electron chi connectivity index (χ3n) is 4.40. The van der Waals surface area contributed by atoms with Crippen molar-refractivity contribution in [1.82, 2.24) is 9.62 Å².